The molecule has 0 aliphatic carbocycles. The zero-order valence-corrected chi connectivity index (χ0v) is 15.3. The van der Waals surface area contributed by atoms with Gasteiger partial charge in [-0.25, -0.2) is 32.6 Å². The summed E-state index contributed by atoms with van der Waals surface area (Å²) in [6.45, 7) is 3.60. The highest BCUT2D eigenvalue weighted by Crippen LogP contribution is 2.18. The van der Waals surface area contributed by atoms with E-state index in [4.69, 9.17) is 4.74 Å². The van der Waals surface area contributed by atoms with E-state index in [1.807, 2.05) is 0 Å². The van der Waals surface area contributed by atoms with E-state index < -0.39 is 16.0 Å². The molecule has 0 aliphatic rings. The van der Waals surface area contributed by atoms with Crippen LogP contribution < -0.4 is 4.72 Å². The number of nitrogens with zero attached hydrogens (tertiary/aromatic N) is 5. The molecule has 2 aromatic heterocycles. The number of hydrogen-bond donors (Lipinski definition) is 1. The van der Waals surface area contributed by atoms with Gasteiger partial charge in [0.1, 0.15) is 0 Å². The van der Waals surface area contributed by atoms with Gasteiger partial charge < -0.3 is 4.74 Å². The van der Waals surface area contributed by atoms with Gasteiger partial charge in [-0.1, -0.05) is 5.21 Å². The van der Waals surface area contributed by atoms with Crippen molar-refractivity contribution >= 4 is 21.9 Å². The van der Waals surface area contributed by atoms with Crippen LogP contribution in [0.5, 0.6) is 0 Å². The molecule has 0 amide bonds. The van der Waals surface area contributed by atoms with Crippen LogP contribution in [0.3, 0.4) is 0 Å². The quantitative estimate of drug-likeness (QED) is 0.626. The van der Waals surface area contributed by atoms with E-state index in [1.165, 1.54) is 29.2 Å². The molecule has 0 unspecified atom stereocenters. The van der Waals surface area contributed by atoms with E-state index in [0.29, 0.717) is 11.4 Å². The monoisotopic (exact) mass is 388 g/mol. The summed E-state index contributed by atoms with van der Waals surface area (Å²) in [5.41, 5.74) is 1.14. The van der Waals surface area contributed by atoms with Crippen molar-refractivity contribution in [3.8, 4) is 5.69 Å². The maximum absolute atomic E-state index is 12.4. The van der Waals surface area contributed by atoms with Gasteiger partial charge >= 0.3 is 5.97 Å². The van der Waals surface area contributed by atoms with Gasteiger partial charge in [0.25, 0.3) is 10.0 Å². The molecule has 3 aromatic rings. The largest absolute Gasteiger partial charge is 0.461 e. The highest BCUT2D eigenvalue weighted by Gasteiger charge is 2.19. The van der Waals surface area contributed by atoms with Gasteiger partial charge in [-0.3, -0.25) is 0 Å². The summed E-state index contributed by atoms with van der Waals surface area (Å²) in [6, 6.07) is 7.50. The molecule has 11 heteroatoms. The second kappa shape index (κ2) is 7.50. The van der Waals surface area contributed by atoms with E-state index in [9.17, 15) is 13.2 Å². The molecule has 140 valence electrons. The first-order chi connectivity index (χ1) is 12.9. The highest BCUT2D eigenvalue weighted by molar-refractivity contribution is 7.92. The molecule has 0 fully saturated rings. The third kappa shape index (κ3) is 3.92. The smallest absolute Gasteiger partial charge is 0.360 e. The minimum absolute atomic E-state index is 0.0206. The predicted molar refractivity (Wildman–Crippen MR) is 94.9 cm³/mol. The Hall–Kier alpha value is -3.34. The van der Waals surface area contributed by atoms with Crippen molar-refractivity contribution < 1.29 is 17.9 Å². The lowest BCUT2D eigenvalue weighted by atomic mass is 10.3. The van der Waals surface area contributed by atoms with Crippen molar-refractivity contribution in [2.24, 2.45) is 0 Å². The fourth-order valence-electron chi connectivity index (χ4n) is 2.26. The average molecular weight is 388 g/mol. The number of carbonyl (C=O) groups excluding carboxylic acids is 1. The number of carbonyl (C=O) groups is 1. The van der Waals surface area contributed by atoms with Crippen molar-refractivity contribution in [1.82, 2.24) is 25.0 Å². The van der Waals surface area contributed by atoms with Gasteiger partial charge in [0.05, 0.1) is 22.9 Å². The van der Waals surface area contributed by atoms with Crippen molar-refractivity contribution in [2.75, 3.05) is 11.3 Å². The summed E-state index contributed by atoms with van der Waals surface area (Å²) in [5, 5.41) is 7.76. The number of esters is 1. The van der Waals surface area contributed by atoms with Crippen molar-refractivity contribution in [3.63, 3.8) is 0 Å². The lowest BCUT2D eigenvalue weighted by molar-refractivity contribution is 0.0518. The van der Waals surface area contributed by atoms with E-state index in [1.54, 1.807) is 32.0 Å². The van der Waals surface area contributed by atoms with Crippen LogP contribution in [0.2, 0.25) is 0 Å². The lowest BCUT2D eigenvalue weighted by Crippen LogP contribution is -2.15. The average Bonchev–Trinajstić information content (AvgIpc) is 3.04. The Labute approximate surface area is 155 Å². The SMILES string of the molecule is CCOC(=O)c1nnn(-c2ccc(S(=O)(=O)Nc3ncccn3)cc2)c1C. The Morgan fingerprint density at radius 3 is 2.48 bits per heavy atom. The van der Waals surface area contributed by atoms with Gasteiger partial charge in [0, 0.05) is 12.4 Å². The molecule has 3 rings (SSSR count). The Morgan fingerprint density at radius 1 is 1.19 bits per heavy atom. The molecule has 0 saturated heterocycles. The molecular weight excluding hydrogens is 372 g/mol. The van der Waals surface area contributed by atoms with Gasteiger partial charge in [0.2, 0.25) is 5.95 Å². The number of sulfonamides is 1. The number of anilines is 1. The van der Waals surface area contributed by atoms with Crippen LogP contribution >= 0.6 is 0 Å². The summed E-state index contributed by atoms with van der Waals surface area (Å²) >= 11 is 0. The standard InChI is InChI=1S/C16H16N6O4S/c1-3-26-15(23)14-11(2)22(21-19-14)12-5-7-13(8-6-12)27(24,25)20-16-17-9-4-10-18-16/h4-10H,3H2,1-2H3,(H,17,18,20). The molecule has 1 N–H and O–H groups in total. The number of rotatable bonds is 6. The number of hydrogen-bond acceptors (Lipinski definition) is 8. The fraction of sp³-hybridized carbons (Fsp3) is 0.188. The number of nitrogens with one attached hydrogen (secondary N) is 1. The van der Waals surface area contributed by atoms with Crippen LogP contribution in [0.25, 0.3) is 5.69 Å². The second-order valence-corrected chi connectivity index (χ2v) is 7.01. The molecule has 27 heavy (non-hydrogen) atoms. The predicted octanol–water partition coefficient (Wildman–Crippen LogP) is 1.34. The summed E-state index contributed by atoms with van der Waals surface area (Å²) in [5.74, 6) is -0.583. The van der Waals surface area contributed by atoms with Crippen molar-refractivity contribution in [3.05, 3.63) is 54.1 Å². The topological polar surface area (TPSA) is 129 Å². The van der Waals surface area contributed by atoms with Gasteiger partial charge in [-0.15, -0.1) is 5.10 Å². The third-order valence-electron chi connectivity index (χ3n) is 3.55. The van der Waals surface area contributed by atoms with Gasteiger partial charge in [0.15, 0.2) is 5.69 Å². The molecule has 0 bridgehead atoms. The minimum Gasteiger partial charge on any atom is -0.461 e. The lowest BCUT2D eigenvalue weighted by Gasteiger charge is -2.08. The molecule has 0 atom stereocenters. The molecule has 2 heterocycles. The van der Waals surface area contributed by atoms with E-state index >= 15 is 0 Å². The molecule has 0 aliphatic heterocycles. The Kier molecular flexibility index (Phi) is 5.12. The Balaban J connectivity index is 1.85. The molecule has 0 radical (unpaired) electrons. The van der Waals surface area contributed by atoms with Crippen LogP contribution in [0, 0.1) is 6.92 Å². The van der Waals surface area contributed by atoms with E-state index in [2.05, 4.69) is 25.0 Å². The molecule has 0 saturated carbocycles. The zero-order chi connectivity index (χ0) is 19.4. The normalized spacial score (nSPS) is 11.2. The van der Waals surface area contributed by atoms with Gasteiger partial charge in [-0.05, 0) is 44.2 Å². The van der Waals surface area contributed by atoms with Crippen LogP contribution in [-0.4, -0.2) is 46.0 Å². The highest BCUT2D eigenvalue weighted by atomic mass is 32.2. The summed E-state index contributed by atoms with van der Waals surface area (Å²) in [6.07, 6.45) is 2.87. The first kappa shape index (κ1) is 18.5. The minimum atomic E-state index is -3.83. The first-order valence-electron chi connectivity index (χ1n) is 7.92. The van der Waals surface area contributed by atoms with Crippen LogP contribution in [0.15, 0.2) is 47.6 Å². The summed E-state index contributed by atoms with van der Waals surface area (Å²) in [4.78, 5) is 19.5. The maximum Gasteiger partial charge on any atom is 0.360 e. The maximum atomic E-state index is 12.4. The Morgan fingerprint density at radius 2 is 1.85 bits per heavy atom. The second-order valence-electron chi connectivity index (χ2n) is 5.33. The van der Waals surface area contributed by atoms with Crippen molar-refractivity contribution in [2.45, 2.75) is 18.7 Å². The van der Waals surface area contributed by atoms with Crippen LogP contribution in [0.4, 0.5) is 5.95 Å². The van der Waals surface area contributed by atoms with Crippen LogP contribution in [0.1, 0.15) is 23.1 Å². The number of benzene rings is 1. The summed E-state index contributed by atoms with van der Waals surface area (Å²) in [7, 11) is -3.83. The fourth-order valence-corrected chi connectivity index (χ4v) is 3.22. The molecular formula is C16H16N6O4S. The first-order valence-corrected chi connectivity index (χ1v) is 9.40. The summed E-state index contributed by atoms with van der Waals surface area (Å²) < 4.78 is 33.4. The van der Waals surface area contributed by atoms with Crippen molar-refractivity contribution in [1.29, 1.82) is 0 Å². The van der Waals surface area contributed by atoms with E-state index in [0.717, 1.165) is 0 Å². The van der Waals surface area contributed by atoms with Gasteiger partial charge in [-0.2, -0.15) is 0 Å². The van der Waals surface area contributed by atoms with E-state index in [-0.39, 0.29) is 23.1 Å². The third-order valence-corrected chi connectivity index (χ3v) is 4.89. The molecule has 10 nitrogen and oxygen atoms in total. The molecule has 0 spiro atoms. The Bertz CT molecular complexity index is 1050. The number of aromatic nitrogens is 5. The molecule has 1 aromatic carbocycles. The number of ether oxygens (including phenoxy) is 1. The van der Waals surface area contributed by atoms with Crippen LogP contribution in [-0.2, 0) is 14.8 Å². The zero-order valence-electron chi connectivity index (χ0n) is 14.5.